The van der Waals surface area contributed by atoms with Crippen LogP contribution >= 0.6 is 0 Å². The zero-order valence-corrected chi connectivity index (χ0v) is 25.1. The van der Waals surface area contributed by atoms with Crippen LogP contribution in [-0.2, 0) is 48.3 Å². The van der Waals surface area contributed by atoms with Gasteiger partial charge in [-0.05, 0) is 55.0 Å². The summed E-state index contributed by atoms with van der Waals surface area (Å²) in [4.78, 5) is 102. The monoisotopic (exact) mass is 627 g/mol. The first-order valence-electron chi connectivity index (χ1n) is 15.4. The molecule has 2 fully saturated rings. The van der Waals surface area contributed by atoms with E-state index in [1.54, 1.807) is 36.4 Å². The number of fused-ring (bicyclic) bond motifs is 2. The molecule has 2 aromatic rings. The Morgan fingerprint density at radius 2 is 1.26 bits per heavy atom. The van der Waals surface area contributed by atoms with Gasteiger partial charge in [-0.3, -0.25) is 49.0 Å². The van der Waals surface area contributed by atoms with E-state index in [0.717, 1.165) is 11.1 Å². The van der Waals surface area contributed by atoms with Gasteiger partial charge in [0.2, 0.25) is 29.5 Å². The van der Waals surface area contributed by atoms with Crippen molar-refractivity contribution in [3.8, 4) is 0 Å². The van der Waals surface area contributed by atoms with Crippen molar-refractivity contribution in [2.24, 2.45) is 0 Å². The fourth-order valence-corrected chi connectivity index (χ4v) is 6.64. The standard InChI is InChI=1S/C33H33N5O8/c39-19(15-18-5-3-7-20-22(18)16-37(32(20)45)25-11-13-28(41)35-30(25)43)6-1-2-10-27(40)34-24-9-4-8-21-23(24)17-38(33(21)46)26-12-14-29(42)36-31(26)44/h3-5,7-9,25-26H,1-2,6,10-17H2,(H,34,40)(H,35,41,43)(H,36,42,44). The second kappa shape index (κ2) is 12.7. The first-order valence-corrected chi connectivity index (χ1v) is 15.4. The molecular formula is C33H33N5O8. The molecule has 0 spiro atoms. The van der Waals surface area contributed by atoms with Gasteiger partial charge in [0.15, 0.2) is 0 Å². The molecule has 0 aliphatic carbocycles. The summed E-state index contributed by atoms with van der Waals surface area (Å²) in [5.74, 6) is -2.62. The molecule has 2 atom stereocenters. The summed E-state index contributed by atoms with van der Waals surface area (Å²) in [7, 11) is 0. The van der Waals surface area contributed by atoms with Crippen LogP contribution in [0.25, 0.3) is 0 Å². The number of hydrogen-bond donors (Lipinski definition) is 3. The third kappa shape index (κ3) is 6.04. The van der Waals surface area contributed by atoms with Crippen LogP contribution in [0.15, 0.2) is 36.4 Å². The maximum atomic E-state index is 13.0. The average molecular weight is 628 g/mol. The number of Topliss-reactive ketones (excluding diaryl/α,β-unsaturated/α-hetero) is 1. The Bertz CT molecular complexity index is 1580. The minimum atomic E-state index is -0.750. The molecule has 2 unspecified atom stereocenters. The summed E-state index contributed by atoms with van der Waals surface area (Å²) in [6.45, 7) is 0.343. The number of imide groups is 2. The van der Waals surface area contributed by atoms with E-state index in [1.807, 2.05) is 0 Å². The molecule has 0 radical (unpaired) electrons. The lowest BCUT2D eigenvalue weighted by molar-refractivity contribution is -0.138. The van der Waals surface area contributed by atoms with Crippen LogP contribution in [0.5, 0.6) is 0 Å². The predicted molar refractivity (Wildman–Crippen MR) is 161 cm³/mol. The second-order valence-corrected chi connectivity index (χ2v) is 12.0. The Morgan fingerprint density at radius 1 is 0.717 bits per heavy atom. The molecule has 6 rings (SSSR count). The zero-order valence-electron chi connectivity index (χ0n) is 25.1. The van der Waals surface area contributed by atoms with Gasteiger partial charge in [0.1, 0.15) is 17.9 Å². The fraction of sp³-hybridized carbons (Fsp3) is 0.394. The van der Waals surface area contributed by atoms with Crippen molar-refractivity contribution in [2.75, 3.05) is 5.32 Å². The van der Waals surface area contributed by atoms with E-state index in [1.165, 1.54) is 9.80 Å². The normalized spacial score (nSPS) is 20.8. The highest BCUT2D eigenvalue weighted by Crippen LogP contribution is 2.33. The van der Waals surface area contributed by atoms with Crippen molar-refractivity contribution in [2.45, 2.75) is 83.0 Å². The SMILES string of the molecule is O=C(CCCCC(=O)Nc1cccc2c1CN(C1CCC(=O)NC1=O)C2=O)Cc1cccc2c1CN(C1CCC(=O)NC1=O)C2=O. The Kier molecular flexibility index (Phi) is 8.48. The number of piperidine rings is 2. The molecule has 2 aromatic carbocycles. The van der Waals surface area contributed by atoms with Gasteiger partial charge in [-0.25, -0.2) is 0 Å². The second-order valence-electron chi connectivity index (χ2n) is 12.0. The minimum Gasteiger partial charge on any atom is -0.326 e. The maximum Gasteiger partial charge on any atom is 0.255 e. The summed E-state index contributed by atoms with van der Waals surface area (Å²) in [5.41, 5.74) is 3.41. The van der Waals surface area contributed by atoms with Crippen LogP contribution < -0.4 is 16.0 Å². The molecule has 238 valence electrons. The Balaban J connectivity index is 0.986. The lowest BCUT2D eigenvalue weighted by Crippen LogP contribution is -2.52. The van der Waals surface area contributed by atoms with Crippen molar-refractivity contribution in [3.05, 3.63) is 64.2 Å². The summed E-state index contributed by atoms with van der Waals surface area (Å²) in [5, 5.41) is 7.42. The minimum absolute atomic E-state index is 0.0337. The Labute approximate surface area is 264 Å². The van der Waals surface area contributed by atoms with E-state index in [0.29, 0.717) is 35.2 Å². The predicted octanol–water partition coefficient (Wildman–Crippen LogP) is 1.52. The summed E-state index contributed by atoms with van der Waals surface area (Å²) >= 11 is 0. The third-order valence-electron chi connectivity index (χ3n) is 9.03. The number of anilines is 1. The van der Waals surface area contributed by atoms with Gasteiger partial charge < -0.3 is 15.1 Å². The number of rotatable bonds is 10. The topological polar surface area (TPSA) is 179 Å². The highest BCUT2D eigenvalue weighted by molar-refractivity contribution is 6.07. The summed E-state index contributed by atoms with van der Waals surface area (Å²) < 4.78 is 0. The van der Waals surface area contributed by atoms with Crippen LogP contribution in [0.1, 0.15) is 88.8 Å². The van der Waals surface area contributed by atoms with Gasteiger partial charge in [0.25, 0.3) is 11.8 Å². The molecular weight excluding hydrogens is 594 g/mol. The number of amides is 7. The highest BCUT2D eigenvalue weighted by Gasteiger charge is 2.41. The number of ketones is 1. The number of nitrogens with zero attached hydrogens (tertiary/aromatic N) is 2. The van der Waals surface area contributed by atoms with E-state index >= 15 is 0 Å². The number of unbranched alkanes of at least 4 members (excludes halogenated alkanes) is 1. The molecule has 2 saturated heterocycles. The molecule has 7 amide bonds. The van der Waals surface area contributed by atoms with E-state index in [-0.39, 0.29) is 93.4 Å². The van der Waals surface area contributed by atoms with E-state index in [9.17, 15) is 38.4 Å². The van der Waals surface area contributed by atoms with Gasteiger partial charge in [-0.1, -0.05) is 18.2 Å². The summed E-state index contributed by atoms with van der Waals surface area (Å²) in [6.07, 6.45) is 2.30. The molecule has 0 aromatic heterocycles. The molecule has 0 saturated carbocycles. The smallest absolute Gasteiger partial charge is 0.255 e. The van der Waals surface area contributed by atoms with Crippen molar-refractivity contribution in [1.82, 2.24) is 20.4 Å². The lowest BCUT2D eigenvalue weighted by Gasteiger charge is -2.29. The Morgan fingerprint density at radius 3 is 1.87 bits per heavy atom. The van der Waals surface area contributed by atoms with Crippen LogP contribution in [-0.4, -0.2) is 69.0 Å². The lowest BCUT2D eigenvalue weighted by atomic mass is 9.97. The van der Waals surface area contributed by atoms with Crippen LogP contribution in [0.3, 0.4) is 0 Å². The van der Waals surface area contributed by atoms with E-state index in [4.69, 9.17) is 0 Å². The molecule has 4 heterocycles. The van der Waals surface area contributed by atoms with E-state index < -0.39 is 23.9 Å². The molecule has 13 heteroatoms. The van der Waals surface area contributed by atoms with E-state index in [2.05, 4.69) is 16.0 Å². The third-order valence-corrected chi connectivity index (χ3v) is 9.03. The first kappa shape index (κ1) is 30.8. The molecule has 0 bridgehead atoms. The average Bonchev–Trinajstić information content (AvgIpc) is 3.53. The highest BCUT2D eigenvalue weighted by atomic mass is 16.2. The van der Waals surface area contributed by atoms with Crippen LogP contribution in [0.4, 0.5) is 5.69 Å². The number of carbonyl (C=O) groups excluding carboxylic acids is 8. The van der Waals surface area contributed by atoms with Crippen molar-refractivity contribution < 1.29 is 38.4 Å². The van der Waals surface area contributed by atoms with Crippen molar-refractivity contribution in [3.63, 3.8) is 0 Å². The maximum absolute atomic E-state index is 13.0. The summed E-state index contributed by atoms with van der Waals surface area (Å²) in [6, 6.07) is 8.73. The molecule has 4 aliphatic heterocycles. The number of benzene rings is 2. The number of carbonyl (C=O) groups is 8. The van der Waals surface area contributed by atoms with Gasteiger partial charge in [0, 0.05) is 67.6 Å². The molecule has 4 aliphatic rings. The molecule has 13 nitrogen and oxygen atoms in total. The van der Waals surface area contributed by atoms with Crippen LogP contribution in [0.2, 0.25) is 0 Å². The molecule has 46 heavy (non-hydrogen) atoms. The quantitative estimate of drug-likeness (QED) is 0.262. The Hall–Kier alpha value is -5.20. The van der Waals surface area contributed by atoms with Crippen molar-refractivity contribution in [1.29, 1.82) is 0 Å². The zero-order chi connectivity index (χ0) is 32.5. The fourth-order valence-electron chi connectivity index (χ4n) is 6.64. The first-order chi connectivity index (χ1) is 22.1. The van der Waals surface area contributed by atoms with Gasteiger partial charge >= 0.3 is 0 Å². The van der Waals surface area contributed by atoms with Gasteiger partial charge in [-0.2, -0.15) is 0 Å². The van der Waals surface area contributed by atoms with Crippen molar-refractivity contribution >= 4 is 52.8 Å². The van der Waals surface area contributed by atoms with Gasteiger partial charge in [-0.15, -0.1) is 0 Å². The molecule has 3 N–H and O–H groups in total. The largest absolute Gasteiger partial charge is 0.326 e. The number of nitrogens with one attached hydrogen (secondary N) is 3. The number of hydrogen-bond acceptors (Lipinski definition) is 8. The van der Waals surface area contributed by atoms with Crippen LogP contribution in [0, 0.1) is 0 Å². The van der Waals surface area contributed by atoms with Gasteiger partial charge in [0.05, 0.1) is 0 Å².